The lowest BCUT2D eigenvalue weighted by molar-refractivity contribution is 0.411. The van der Waals surface area contributed by atoms with Crippen LogP contribution in [0.2, 0.25) is 10.0 Å². The molecule has 0 aliphatic carbocycles. The van der Waals surface area contributed by atoms with Crippen LogP contribution in [0.4, 0.5) is 0 Å². The zero-order valence-corrected chi connectivity index (χ0v) is 13.9. The minimum Gasteiger partial charge on any atom is -0.496 e. The first-order chi connectivity index (χ1) is 9.92. The summed E-state index contributed by atoms with van der Waals surface area (Å²) in [6.07, 6.45) is 0.669. The zero-order valence-electron chi connectivity index (χ0n) is 12.4. The predicted octanol–water partition coefficient (Wildman–Crippen LogP) is 4.86. The van der Waals surface area contributed by atoms with Crippen molar-refractivity contribution in [1.29, 1.82) is 0 Å². The van der Waals surface area contributed by atoms with Gasteiger partial charge in [-0.15, -0.1) is 0 Å². The molecule has 1 unspecified atom stereocenters. The minimum absolute atomic E-state index is 0.117. The second-order valence-corrected chi connectivity index (χ2v) is 6.07. The Hall–Kier alpha value is -1.22. The molecule has 2 rings (SSSR count). The van der Waals surface area contributed by atoms with Gasteiger partial charge in [0.05, 0.1) is 7.11 Å². The molecule has 0 aliphatic rings. The van der Waals surface area contributed by atoms with Crippen molar-refractivity contribution in [3.63, 3.8) is 0 Å². The monoisotopic (exact) mass is 323 g/mol. The second kappa shape index (κ2) is 6.69. The Kier molecular flexibility index (Phi) is 5.15. The molecule has 0 spiro atoms. The molecule has 0 aliphatic heterocycles. The average molecular weight is 324 g/mol. The van der Waals surface area contributed by atoms with Gasteiger partial charge in [-0.3, -0.25) is 0 Å². The normalized spacial score (nSPS) is 12.3. The molecule has 1 atom stereocenters. The van der Waals surface area contributed by atoms with Gasteiger partial charge < -0.3 is 10.5 Å². The summed E-state index contributed by atoms with van der Waals surface area (Å²) in [5.41, 5.74) is 10.7. The van der Waals surface area contributed by atoms with Crippen LogP contribution in [0, 0.1) is 13.8 Å². The molecule has 2 aromatic rings. The topological polar surface area (TPSA) is 35.2 Å². The Balaban J connectivity index is 2.28. The van der Waals surface area contributed by atoms with E-state index in [0.29, 0.717) is 16.5 Å². The molecule has 2 nitrogen and oxygen atoms in total. The number of ether oxygens (including phenoxy) is 1. The fraction of sp³-hybridized carbons (Fsp3) is 0.294. The van der Waals surface area contributed by atoms with E-state index in [1.54, 1.807) is 13.2 Å². The highest BCUT2D eigenvalue weighted by atomic mass is 35.5. The first-order valence-electron chi connectivity index (χ1n) is 6.77. The summed E-state index contributed by atoms with van der Waals surface area (Å²) in [5.74, 6) is 0.882. The van der Waals surface area contributed by atoms with Gasteiger partial charge in [0, 0.05) is 16.1 Å². The molecule has 2 N–H and O–H groups in total. The van der Waals surface area contributed by atoms with Crippen LogP contribution in [0.1, 0.15) is 28.3 Å². The number of benzene rings is 2. The van der Waals surface area contributed by atoms with Crippen molar-refractivity contribution in [1.82, 2.24) is 0 Å². The number of aryl methyl sites for hydroxylation is 2. The Bertz CT molecular complexity index is 655. The van der Waals surface area contributed by atoms with Gasteiger partial charge in [0.15, 0.2) is 0 Å². The Morgan fingerprint density at radius 3 is 2.43 bits per heavy atom. The van der Waals surface area contributed by atoms with Crippen LogP contribution in [0.5, 0.6) is 5.75 Å². The molecule has 0 saturated heterocycles. The third-order valence-electron chi connectivity index (χ3n) is 3.64. The van der Waals surface area contributed by atoms with Crippen LogP contribution < -0.4 is 10.5 Å². The van der Waals surface area contributed by atoms with E-state index in [2.05, 4.69) is 6.07 Å². The summed E-state index contributed by atoms with van der Waals surface area (Å²) >= 11 is 12.1. The Morgan fingerprint density at radius 1 is 1.10 bits per heavy atom. The average Bonchev–Trinajstić information content (AvgIpc) is 2.43. The summed E-state index contributed by atoms with van der Waals surface area (Å²) in [5, 5.41) is 1.29. The van der Waals surface area contributed by atoms with E-state index < -0.39 is 0 Å². The van der Waals surface area contributed by atoms with Crippen molar-refractivity contribution >= 4 is 23.2 Å². The number of hydrogen-bond acceptors (Lipinski definition) is 2. The highest BCUT2D eigenvalue weighted by Gasteiger charge is 2.14. The maximum absolute atomic E-state index is 6.36. The van der Waals surface area contributed by atoms with E-state index in [-0.39, 0.29) is 6.04 Å². The third kappa shape index (κ3) is 3.70. The molecule has 0 amide bonds. The van der Waals surface area contributed by atoms with Gasteiger partial charge in [-0.05, 0) is 60.7 Å². The first-order valence-corrected chi connectivity index (χ1v) is 7.52. The van der Waals surface area contributed by atoms with Gasteiger partial charge in [0.2, 0.25) is 0 Å². The van der Waals surface area contributed by atoms with Crippen molar-refractivity contribution < 1.29 is 4.74 Å². The number of nitrogens with two attached hydrogens (primary N) is 1. The number of rotatable bonds is 4. The number of methoxy groups -OCH3 is 1. The van der Waals surface area contributed by atoms with Gasteiger partial charge in [-0.25, -0.2) is 0 Å². The summed E-state index contributed by atoms with van der Waals surface area (Å²) < 4.78 is 5.33. The number of halogens is 2. The molecular formula is C17H19Cl2NO. The van der Waals surface area contributed by atoms with E-state index in [9.17, 15) is 0 Å². The van der Waals surface area contributed by atoms with Crippen molar-refractivity contribution in [2.24, 2.45) is 5.73 Å². The zero-order chi connectivity index (χ0) is 15.6. The van der Waals surface area contributed by atoms with Crippen LogP contribution in [0.15, 0.2) is 30.3 Å². The molecule has 0 saturated carbocycles. The molecule has 0 radical (unpaired) electrons. The molecule has 112 valence electrons. The van der Waals surface area contributed by atoms with Crippen molar-refractivity contribution in [2.75, 3.05) is 7.11 Å². The molecule has 2 aromatic carbocycles. The van der Waals surface area contributed by atoms with Crippen LogP contribution in [-0.2, 0) is 6.42 Å². The lowest BCUT2D eigenvalue weighted by Crippen LogP contribution is -2.15. The third-order valence-corrected chi connectivity index (χ3v) is 4.22. The van der Waals surface area contributed by atoms with E-state index >= 15 is 0 Å². The van der Waals surface area contributed by atoms with E-state index in [1.165, 1.54) is 0 Å². The molecule has 0 fully saturated rings. The highest BCUT2D eigenvalue weighted by Crippen LogP contribution is 2.29. The van der Waals surface area contributed by atoms with Crippen molar-refractivity contribution in [3.8, 4) is 5.75 Å². The molecule has 0 bridgehead atoms. The summed E-state index contributed by atoms with van der Waals surface area (Å²) in [6.45, 7) is 4.06. The molecule has 21 heavy (non-hydrogen) atoms. The minimum atomic E-state index is -0.117. The standard InChI is InChI=1S/C17H19Cl2NO/c1-10-7-17(21-3)11(2)6-14(10)16(20)8-12-4-5-13(18)9-15(12)19/h4-7,9,16H,8,20H2,1-3H3. The second-order valence-electron chi connectivity index (χ2n) is 5.22. The van der Waals surface area contributed by atoms with Gasteiger partial charge in [0.1, 0.15) is 5.75 Å². The summed E-state index contributed by atoms with van der Waals surface area (Å²) in [7, 11) is 1.68. The summed E-state index contributed by atoms with van der Waals surface area (Å²) in [6, 6.07) is 9.50. The Labute approximate surface area is 135 Å². The van der Waals surface area contributed by atoms with Crippen LogP contribution in [0.3, 0.4) is 0 Å². The fourth-order valence-corrected chi connectivity index (χ4v) is 2.95. The smallest absolute Gasteiger partial charge is 0.122 e. The molecule has 4 heteroatoms. The van der Waals surface area contributed by atoms with Gasteiger partial charge >= 0.3 is 0 Å². The van der Waals surface area contributed by atoms with Crippen LogP contribution in [0.25, 0.3) is 0 Å². The van der Waals surface area contributed by atoms with E-state index in [4.69, 9.17) is 33.7 Å². The Morgan fingerprint density at radius 2 is 1.81 bits per heavy atom. The predicted molar refractivity (Wildman–Crippen MR) is 89.6 cm³/mol. The quantitative estimate of drug-likeness (QED) is 0.871. The molecule has 0 aromatic heterocycles. The maximum Gasteiger partial charge on any atom is 0.122 e. The van der Waals surface area contributed by atoms with Crippen molar-refractivity contribution in [2.45, 2.75) is 26.3 Å². The van der Waals surface area contributed by atoms with E-state index in [1.807, 2.05) is 32.0 Å². The first kappa shape index (κ1) is 16.2. The fourth-order valence-electron chi connectivity index (χ4n) is 2.47. The lowest BCUT2D eigenvalue weighted by atomic mass is 9.94. The van der Waals surface area contributed by atoms with Crippen LogP contribution >= 0.6 is 23.2 Å². The van der Waals surface area contributed by atoms with E-state index in [0.717, 1.165) is 28.0 Å². The highest BCUT2D eigenvalue weighted by molar-refractivity contribution is 6.35. The van der Waals surface area contributed by atoms with Gasteiger partial charge in [0.25, 0.3) is 0 Å². The molecule has 0 heterocycles. The maximum atomic E-state index is 6.36. The van der Waals surface area contributed by atoms with Crippen LogP contribution in [-0.4, -0.2) is 7.11 Å². The SMILES string of the molecule is COc1cc(C)c(C(N)Cc2ccc(Cl)cc2Cl)cc1C. The number of hydrogen-bond donors (Lipinski definition) is 1. The largest absolute Gasteiger partial charge is 0.496 e. The van der Waals surface area contributed by atoms with Crippen molar-refractivity contribution in [3.05, 3.63) is 62.6 Å². The molecular weight excluding hydrogens is 305 g/mol. The lowest BCUT2D eigenvalue weighted by Gasteiger charge is -2.18. The van der Waals surface area contributed by atoms with Gasteiger partial charge in [-0.2, -0.15) is 0 Å². The summed E-state index contributed by atoms with van der Waals surface area (Å²) in [4.78, 5) is 0. The van der Waals surface area contributed by atoms with Gasteiger partial charge in [-0.1, -0.05) is 35.3 Å².